The van der Waals surface area contributed by atoms with E-state index in [0.29, 0.717) is 6.54 Å². The second-order valence-corrected chi connectivity index (χ2v) is 4.15. The Hall–Kier alpha value is -1.63. The highest BCUT2D eigenvalue weighted by atomic mass is 16.4. The van der Waals surface area contributed by atoms with Gasteiger partial charge in [-0.15, -0.1) is 0 Å². The molecule has 0 bridgehead atoms. The van der Waals surface area contributed by atoms with Crippen LogP contribution in [-0.4, -0.2) is 54.1 Å². The van der Waals surface area contributed by atoms with Crippen LogP contribution in [-0.2, 0) is 9.59 Å². The van der Waals surface area contributed by atoms with Crippen LogP contribution < -0.4 is 10.6 Å². The Bertz CT molecular complexity index is 332. The molecule has 1 rings (SSSR count). The van der Waals surface area contributed by atoms with Gasteiger partial charge >= 0.3 is 12.0 Å². The zero-order valence-electron chi connectivity index (χ0n) is 9.90. The van der Waals surface area contributed by atoms with Gasteiger partial charge in [0.05, 0.1) is 6.54 Å². The van der Waals surface area contributed by atoms with E-state index in [1.165, 1.54) is 7.05 Å². The van der Waals surface area contributed by atoms with Gasteiger partial charge in [-0.1, -0.05) is 6.92 Å². The van der Waals surface area contributed by atoms with Gasteiger partial charge < -0.3 is 10.4 Å². The maximum atomic E-state index is 11.4. The average Bonchev–Trinajstić information content (AvgIpc) is 2.59. The quantitative estimate of drug-likeness (QED) is 0.605. The third-order valence-corrected chi connectivity index (χ3v) is 2.88. The number of nitrogens with zero attached hydrogens (tertiary/aromatic N) is 1. The maximum absolute atomic E-state index is 11.4. The molecule has 1 aliphatic heterocycles. The second kappa shape index (κ2) is 5.62. The SMILES string of the molecule is CNC(=O)NC(=O)CN1CCC(C)C1C(=O)O. The van der Waals surface area contributed by atoms with E-state index in [-0.39, 0.29) is 12.5 Å². The van der Waals surface area contributed by atoms with Crippen molar-refractivity contribution in [1.29, 1.82) is 0 Å². The molecule has 3 N–H and O–H groups in total. The predicted octanol–water partition coefficient (Wildman–Crippen LogP) is -0.763. The zero-order chi connectivity index (χ0) is 13.0. The Morgan fingerprint density at radius 3 is 2.59 bits per heavy atom. The minimum atomic E-state index is -0.928. The van der Waals surface area contributed by atoms with E-state index in [9.17, 15) is 14.4 Å². The first kappa shape index (κ1) is 13.4. The van der Waals surface area contributed by atoms with Crippen molar-refractivity contribution >= 4 is 17.9 Å². The normalized spacial score (nSPS) is 24.4. The average molecular weight is 243 g/mol. The first-order valence-electron chi connectivity index (χ1n) is 5.44. The van der Waals surface area contributed by atoms with Crippen molar-refractivity contribution in [2.75, 3.05) is 20.1 Å². The predicted molar refractivity (Wildman–Crippen MR) is 59.4 cm³/mol. The fourth-order valence-electron chi connectivity index (χ4n) is 2.02. The van der Waals surface area contributed by atoms with Crippen molar-refractivity contribution < 1.29 is 19.5 Å². The van der Waals surface area contributed by atoms with Crippen LogP contribution in [0.3, 0.4) is 0 Å². The van der Waals surface area contributed by atoms with Crippen molar-refractivity contribution in [2.24, 2.45) is 5.92 Å². The van der Waals surface area contributed by atoms with Gasteiger partial charge in [-0.25, -0.2) is 4.79 Å². The zero-order valence-corrected chi connectivity index (χ0v) is 9.90. The molecule has 2 atom stereocenters. The smallest absolute Gasteiger partial charge is 0.321 e. The van der Waals surface area contributed by atoms with Crippen molar-refractivity contribution in [3.8, 4) is 0 Å². The van der Waals surface area contributed by atoms with E-state index in [1.54, 1.807) is 4.90 Å². The Morgan fingerprint density at radius 1 is 1.41 bits per heavy atom. The first-order valence-corrected chi connectivity index (χ1v) is 5.44. The highest BCUT2D eigenvalue weighted by Gasteiger charge is 2.37. The molecule has 7 heteroatoms. The highest BCUT2D eigenvalue weighted by molar-refractivity contribution is 5.95. The number of carboxylic acid groups (broad SMARTS) is 1. The van der Waals surface area contributed by atoms with Gasteiger partial charge in [-0.05, 0) is 18.9 Å². The van der Waals surface area contributed by atoms with E-state index in [1.807, 2.05) is 6.92 Å². The molecule has 0 aliphatic carbocycles. The molecule has 1 fully saturated rings. The number of nitrogens with one attached hydrogen (secondary N) is 2. The van der Waals surface area contributed by atoms with Crippen LogP contribution in [0, 0.1) is 5.92 Å². The molecule has 17 heavy (non-hydrogen) atoms. The van der Waals surface area contributed by atoms with Gasteiger partial charge in [0.1, 0.15) is 6.04 Å². The second-order valence-electron chi connectivity index (χ2n) is 4.15. The number of hydrogen-bond acceptors (Lipinski definition) is 4. The van der Waals surface area contributed by atoms with E-state index in [2.05, 4.69) is 10.6 Å². The molecule has 0 aromatic carbocycles. The number of carbonyl (C=O) groups excluding carboxylic acids is 2. The van der Waals surface area contributed by atoms with Crippen LogP contribution in [0.2, 0.25) is 0 Å². The van der Waals surface area contributed by atoms with Crippen LogP contribution >= 0.6 is 0 Å². The van der Waals surface area contributed by atoms with Gasteiger partial charge in [0.15, 0.2) is 0 Å². The number of rotatable bonds is 3. The lowest BCUT2D eigenvalue weighted by Gasteiger charge is -2.22. The van der Waals surface area contributed by atoms with Gasteiger partial charge in [0.2, 0.25) is 5.91 Å². The van der Waals surface area contributed by atoms with Gasteiger partial charge in [0, 0.05) is 7.05 Å². The lowest BCUT2D eigenvalue weighted by Crippen LogP contribution is -2.47. The van der Waals surface area contributed by atoms with E-state index in [4.69, 9.17) is 5.11 Å². The maximum Gasteiger partial charge on any atom is 0.321 e. The summed E-state index contributed by atoms with van der Waals surface area (Å²) in [4.78, 5) is 34.9. The first-order chi connectivity index (χ1) is 7.95. The lowest BCUT2D eigenvalue weighted by molar-refractivity contribution is -0.143. The Labute approximate surface area is 99.2 Å². The third-order valence-electron chi connectivity index (χ3n) is 2.88. The van der Waals surface area contributed by atoms with E-state index < -0.39 is 23.9 Å². The Morgan fingerprint density at radius 2 is 2.06 bits per heavy atom. The fourth-order valence-corrected chi connectivity index (χ4v) is 2.02. The standard InChI is InChI=1S/C10H17N3O4/c1-6-3-4-13(8(6)9(15)16)5-7(14)12-10(17)11-2/h6,8H,3-5H2,1-2H3,(H,15,16)(H2,11,12,14,17). The summed E-state index contributed by atoms with van der Waals surface area (Å²) in [5.74, 6) is -1.41. The molecule has 7 nitrogen and oxygen atoms in total. The van der Waals surface area contributed by atoms with Gasteiger partial charge in [-0.3, -0.25) is 19.8 Å². The molecule has 2 unspecified atom stereocenters. The van der Waals surface area contributed by atoms with Gasteiger partial charge in [-0.2, -0.15) is 0 Å². The summed E-state index contributed by atoms with van der Waals surface area (Å²) in [6, 6.07) is -1.24. The van der Waals surface area contributed by atoms with Crippen molar-refractivity contribution in [3.05, 3.63) is 0 Å². The van der Waals surface area contributed by atoms with Crippen LogP contribution in [0.1, 0.15) is 13.3 Å². The number of imide groups is 1. The van der Waals surface area contributed by atoms with Crippen molar-refractivity contribution in [1.82, 2.24) is 15.5 Å². The summed E-state index contributed by atoms with van der Waals surface area (Å²) in [5.41, 5.74) is 0. The Balaban J connectivity index is 2.53. The van der Waals surface area contributed by atoms with Crippen LogP contribution in [0.25, 0.3) is 0 Å². The highest BCUT2D eigenvalue weighted by Crippen LogP contribution is 2.23. The summed E-state index contributed by atoms with van der Waals surface area (Å²) in [7, 11) is 1.40. The molecule has 0 radical (unpaired) electrons. The largest absolute Gasteiger partial charge is 0.480 e. The molecule has 0 saturated carbocycles. The van der Waals surface area contributed by atoms with Crippen molar-refractivity contribution in [3.63, 3.8) is 0 Å². The molecule has 1 aliphatic rings. The number of hydrogen-bond donors (Lipinski definition) is 3. The topological polar surface area (TPSA) is 98.7 Å². The summed E-state index contributed by atoms with van der Waals surface area (Å²) in [5, 5.41) is 13.4. The minimum absolute atomic E-state index is 0.0142. The van der Waals surface area contributed by atoms with Gasteiger partial charge in [0.25, 0.3) is 0 Å². The molecule has 1 saturated heterocycles. The molecular weight excluding hydrogens is 226 g/mol. The van der Waals surface area contributed by atoms with Crippen molar-refractivity contribution in [2.45, 2.75) is 19.4 Å². The fraction of sp³-hybridized carbons (Fsp3) is 0.700. The van der Waals surface area contributed by atoms with Crippen LogP contribution in [0.5, 0.6) is 0 Å². The summed E-state index contributed by atoms with van der Waals surface area (Å²) < 4.78 is 0. The van der Waals surface area contributed by atoms with Crippen LogP contribution in [0.15, 0.2) is 0 Å². The minimum Gasteiger partial charge on any atom is -0.480 e. The third kappa shape index (κ3) is 3.42. The summed E-state index contributed by atoms with van der Waals surface area (Å²) >= 11 is 0. The summed E-state index contributed by atoms with van der Waals surface area (Å²) in [6.45, 7) is 2.32. The van der Waals surface area contributed by atoms with E-state index in [0.717, 1.165) is 6.42 Å². The molecule has 0 spiro atoms. The number of likely N-dealkylation sites (tertiary alicyclic amines) is 1. The monoisotopic (exact) mass is 243 g/mol. The molecule has 1 heterocycles. The number of urea groups is 1. The molecular formula is C10H17N3O4. The molecule has 96 valence electrons. The number of carboxylic acids is 1. The van der Waals surface area contributed by atoms with Crippen LogP contribution in [0.4, 0.5) is 4.79 Å². The number of carbonyl (C=O) groups is 3. The van der Waals surface area contributed by atoms with E-state index >= 15 is 0 Å². The summed E-state index contributed by atoms with van der Waals surface area (Å²) in [6.07, 6.45) is 0.740. The molecule has 0 aromatic rings. The Kier molecular flexibility index (Phi) is 4.45. The molecule has 0 aromatic heterocycles. The molecule has 3 amide bonds. The lowest BCUT2D eigenvalue weighted by atomic mass is 10.0. The number of amides is 3. The number of aliphatic carboxylic acids is 1.